The minimum absolute atomic E-state index is 0. The second-order valence-electron chi connectivity index (χ2n) is 2.54. The molecule has 79 valence electrons. The number of aromatic nitrogens is 1. The van der Waals surface area contributed by atoms with Gasteiger partial charge in [-0.25, -0.2) is 19.4 Å². The maximum Gasteiger partial charge on any atom is 0.354 e. The summed E-state index contributed by atoms with van der Waals surface area (Å²) in [6.07, 6.45) is 0. The van der Waals surface area contributed by atoms with Crippen molar-refractivity contribution in [1.82, 2.24) is 4.98 Å². The topological polar surface area (TPSA) is 125 Å². The molecule has 1 rings (SSSR count). The normalized spacial score (nSPS) is 9.00. The smallest absolute Gasteiger partial charge is 0.354 e. The van der Waals surface area contributed by atoms with Gasteiger partial charge in [0.1, 0.15) is 11.4 Å². The van der Waals surface area contributed by atoms with Gasteiger partial charge < -0.3 is 15.3 Å². The Morgan fingerprint density at radius 3 is 1.50 bits per heavy atom. The molecule has 0 fully saturated rings. The summed E-state index contributed by atoms with van der Waals surface area (Å²) >= 11 is 0. The second-order valence-corrected chi connectivity index (χ2v) is 2.54. The molecule has 0 unspecified atom stereocenters. The maximum absolute atomic E-state index is 10.5. The third-order valence-corrected chi connectivity index (χ3v) is 1.51. The summed E-state index contributed by atoms with van der Waals surface area (Å²) in [4.78, 5) is 34.8. The monoisotopic (exact) mass is 218 g/mol. The van der Waals surface area contributed by atoms with Gasteiger partial charge in [-0.3, -0.25) is 0 Å². The molecule has 0 saturated heterocycles. The van der Waals surface area contributed by atoms with E-state index >= 15 is 0 Å². The molecule has 0 atom stereocenters. The molecule has 0 bridgehead atoms. The summed E-state index contributed by atoms with van der Waals surface area (Å²) in [6, 6.07) is 1.58. The van der Waals surface area contributed by atoms with E-state index < -0.39 is 34.9 Å². The van der Waals surface area contributed by atoms with Crippen LogP contribution in [0.1, 0.15) is 31.3 Å². The van der Waals surface area contributed by atoms with Crippen LogP contribution in [-0.4, -0.2) is 57.1 Å². The van der Waals surface area contributed by atoms with Crippen molar-refractivity contribution in [2.24, 2.45) is 0 Å². The van der Waals surface area contributed by atoms with Gasteiger partial charge >= 0.3 is 17.9 Å². The number of carboxylic acids is 3. The number of carbonyl (C=O) groups is 3. The van der Waals surface area contributed by atoms with E-state index in [1.807, 2.05) is 0 Å². The van der Waals surface area contributed by atoms with Crippen LogP contribution in [0, 0.1) is 0 Å². The zero-order valence-corrected chi connectivity index (χ0v) is 8.17. The van der Waals surface area contributed by atoms with E-state index in [2.05, 4.69) is 4.98 Å². The van der Waals surface area contributed by atoms with Crippen molar-refractivity contribution in [2.75, 3.05) is 0 Å². The summed E-state index contributed by atoms with van der Waals surface area (Å²) in [7, 11) is 0. The fraction of sp³-hybridized carbons (Fsp3) is 0. The molecule has 0 spiro atoms. The molecule has 0 amide bonds. The van der Waals surface area contributed by atoms with Gasteiger partial charge in [-0.15, -0.1) is 0 Å². The van der Waals surface area contributed by atoms with Crippen molar-refractivity contribution >= 4 is 36.8 Å². The second kappa shape index (κ2) is 5.30. The van der Waals surface area contributed by atoms with Crippen molar-refractivity contribution < 1.29 is 29.7 Å². The van der Waals surface area contributed by atoms with Crippen LogP contribution in [0.15, 0.2) is 12.1 Å². The van der Waals surface area contributed by atoms with Gasteiger partial charge in [0.25, 0.3) is 0 Å². The van der Waals surface area contributed by atoms with E-state index in [1.165, 1.54) is 0 Å². The molecule has 0 aliphatic carbocycles. The summed E-state index contributed by atoms with van der Waals surface area (Å²) in [5.41, 5.74) is -1.67. The van der Waals surface area contributed by atoms with Gasteiger partial charge in [-0.1, -0.05) is 0 Å². The van der Waals surface area contributed by atoms with Crippen LogP contribution in [0.4, 0.5) is 0 Å². The molecule has 8 heteroatoms. The number of nitrogens with zero attached hydrogens (tertiary/aromatic N) is 1. The molecule has 3 N–H and O–H groups in total. The molecule has 0 aliphatic heterocycles. The first-order valence-corrected chi connectivity index (χ1v) is 3.64. The number of hydrogen-bond acceptors (Lipinski definition) is 4. The molecule has 0 aromatic carbocycles. The zero-order chi connectivity index (χ0) is 11.6. The van der Waals surface area contributed by atoms with Crippen molar-refractivity contribution in [3.05, 3.63) is 29.1 Å². The first-order chi connectivity index (χ1) is 6.91. The van der Waals surface area contributed by atoms with Gasteiger partial charge in [0.15, 0.2) is 0 Å². The average molecular weight is 218 g/mol. The minimum atomic E-state index is -1.49. The van der Waals surface area contributed by atoms with E-state index in [0.717, 1.165) is 12.1 Å². The van der Waals surface area contributed by atoms with E-state index in [-0.39, 0.29) is 18.9 Å². The predicted octanol–water partition coefficient (Wildman–Crippen LogP) is -0.205. The molecule has 1 aromatic heterocycles. The fourth-order valence-electron chi connectivity index (χ4n) is 0.873. The number of pyridine rings is 1. The summed E-state index contributed by atoms with van der Waals surface area (Å²) in [6.45, 7) is 0. The summed E-state index contributed by atoms with van der Waals surface area (Å²) in [5, 5.41) is 25.7. The zero-order valence-electron chi connectivity index (χ0n) is 8.17. The first kappa shape index (κ1) is 14.2. The Labute approximate surface area is 101 Å². The van der Waals surface area contributed by atoms with Gasteiger partial charge in [-0.05, 0) is 12.1 Å². The molecule has 0 aliphatic rings. The van der Waals surface area contributed by atoms with Crippen molar-refractivity contribution in [3.8, 4) is 0 Å². The van der Waals surface area contributed by atoms with Crippen LogP contribution in [0.5, 0.6) is 0 Å². The maximum atomic E-state index is 10.5. The van der Waals surface area contributed by atoms with Crippen LogP contribution in [-0.2, 0) is 0 Å². The predicted molar refractivity (Wildman–Crippen MR) is 50.9 cm³/mol. The van der Waals surface area contributed by atoms with Crippen LogP contribution in [0.2, 0.25) is 0 Å². The van der Waals surface area contributed by atoms with Crippen LogP contribution in [0.3, 0.4) is 0 Å². The number of carboxylic acid groups (broad SMARTS) is 3. The first-order valence-electron chi connectivity index (χ1n) is 3.64. The number of rotatable bonds is 3. The average Bonchev–Trinajstić information content (AvgIpc) is 2.16. The van der Waals surface area contributed by atoms with Gasteiger partial charge in [0.05, 0.1) is 5.56 Å². The van der Waals surface area contributed by atoms with Gasteiger partial charge in [-0.2, -0.15) is 0 Å². The summed E-state index contributed by atoms with van der Waals surface area (Å²) < 4.78 is 0. The van der Waals surface area contributed by atoms with E-state index in [4.69, 9.17) is 15.3 Å². The van der Waals surface area contributed by atoms with Crippen molar-refractivity contribution in [3.63, 3.8) is 0 Å². The Bertz CT molecular complexity index is 379. The van der Waals surface area contributed by atoms with Gasteiger partial charge in [0, 0.05) is 18.9 Å². The largest absolute Gasteiger partial charge is 0.478 e. The van der Waals surface area contributed by atoms with E-state index in [9.17, 15) is 14.4 Å². The molecule has 1 heterocycles. The molecule has 1 radical (unpaired) electrons. The number of aromatic carboxylic acids is 3. The van der Waals surface area contributed by atoms with Gasteiger partial charge in [0.2, 0.25) is 0 Å². The third kappa shape index (κ3) is 3.08. The molecule has 0 saturated carbocycles. The molecular weight excluding hydrogens is 213 g/mol. The Hall–Kier alpha value is -1.84. The fourth-order valence-corrected chi connectivity index (χ4v) is 0.873. The Morgan fingerprint density at radius 1 is 0.875 bits per heavy atom. The summed E-state index contributed by atoms with van der Waals surface area (Å²) in [5.74, 6) is -4.39. The Morgan fingerprint density at radius 2 is 1.25 bits per heavy atom. The molecule has 16 heavy (non-hydrogen) atoms. The van der Waals surface area contributed by atoms with E-state index in [0.29, 0.717) is 0 Å². The SMILES string of the molecule is O=C(O)c1cc(C(=O)O)nc(C(=O)O)c1.[Li]. The van der Waals surface area contributed by atoms with E-state index in [1.54, 1.807) is 0 Å². The minimum Gasteiger partial charge on any atom is -0.478 e. The van der Waals surface area contributed by atoms with Crippen molar-refractivity contribution in [2.45, 2.75) is 0 Å². The van der Waals surface area contributed by atoms with Crippen LogP contribution in [0.25, 0.3) is 0 Å². The molecule has 1 aromatic rings. The standard InChI is InChI=1S/C8H5NO6.Li/c10-6(11)3-1-4(7(12)13)9-5(2-3)8(14)15;/h1-2H,(H,10,11)(H,12,13)(H,14,15);. The number of hydrogen-bond donors (Lipinski definition) is 3. The molecular formula is C8H5LiNO6. The molecule has 7 nitrogen and oxygen atoms in total. The van der Waals surface area contributed by atoms with Crippen molar-refractivity contribution in [1.29, 1.82) is 0 Å². The van der Waals surface area contributed by atoms with Crippen LogP contribution < -0.4 is 0 Å². The third-order valence-electron chi connectivity index (χ3n) is 1.51. The Balaban J connectivity index is 0.00000225. The Kier molecular flexibility index (Phi) is 4.69. The quantitative estimate of drug-likeness (QED) is 0.599. The van der Waals surface area contributed by atoms with Crippen LogP contribution >= 0.6 is 0 Å².